The first-order valence-electron chi connectivity index (χ1n) is 4.10. The predicted octanol–water partition coefficient (Wildman–Crippen LogP) is 2.94. The molecule has 1 aliphatic rings. The third-order valence-corrected chi connectivity index (χ3v) is 2.31. The van der Waals surface area contributed by atoms with Crippen LogP contribution in [-0.2, 0) is 0 Å². The van der Waals surface area contributed by atoms with E-state index in [4.69, 9.17) is 5.41 Å². The van der Waals surface area contributed by atoms with Crippen LogP contribution in [0, 0.1) is 10.8 Å². The van der Waals surface area contributed by atoms with E-state index in [0.717, 1.165) is 18.6 Å². The smallest absolute Gasteiger partial charge is 0.0322 e. The molecule has 0 spiro atoms. The lowest BCUT2D eigenvalue weighted by Crippen LogP contribution is -2.14. The largest absolute Gasteiger partial charge is 0.305 e. The molecule has 0 radical (unpaired) electrons. The van der Waals surface area contributed by atoms with Gasteiger partial charge in [0.05, 0.1) is 0 Å². The summed E-state index contributed by atoms with van der Waals surface area (Å²) in [5, 5.41) is 7.56. The van der Waals surface area contributed by atoms with Crippen molar-refractivity contribution in [3.05, 3.63) is 24.3 Å². The van der Waals surface area contributed by atoms with E-state index in [1.54, 1.807) is 0 Å². The zero-order valence-corrected chi connectivity index (χ0v) is 7.22. The summed E-state index contributed by atoms with van der Waals surface area (Å²) in [6.07, 6.45) is 10.0. The molecule has 1 heteroatoms. The van der Waals surface area contributed by atoms with Gasteiger partial charge in [-0.25, -0.2) is 0 Å². The molecule has 1 rings (SSSR count). The lowest BCUT2D eigenvalue weighted by atomic mass is 9.83. The first kappa shape index (κ1) is 8.25. The van der Waals surface area contributed by atoms with Crippen molar-refractivity contribution in [2.75, 3.05) is 0 Å². The van der Waals surface area contributed by atoms with Gasteiger partial charge in [0, 0.05) is 5.71 Å². The molecule has 1 nitrogen and oxygen atoms in total. The molecular weight excluding hydrogens is 134 g/mol. The molecule has 1 aliphatic carbocycles. The Bertz CT molecular complexity index is 213. The van der Waals surface area contributed by atoms with Crippen molar-refractivity contribution < 1.29 is 0 Å². The van der Waals surface area contributed by atoms with Crippen molar-refractivity contribution in [1.82, 2.24) is 0 Å². The summed E-state index contributed by atoms with van der Waals surface area (Å²) >= 11 is 0. The summed E-state index contributed by atoms with van der Waals surface area (Å²) in [6, 6.07) is 0. The van der Waals surface area contributed by atoms with Gasteiger partial charge in [-0.05, 0) is 24.3 Å². The lowest BCUT2D eigenvalue weighted by molar-refractivity contribution is 0.430. The summed E-state index contributed by atoms with van der Waals surface area (Å²) in [6.45, 7) is 4.37. The van der Waals surface area contributed by atoms with Crippen molar-refractivity contribution in [3.63, 3.8) is 0 Å². The second-order valence-electron chi connectivity index (χ2n) is 3.43. The van der Waals surface area contributed by atoms with Crippen LogP contribution in [0.2, 0.25) is 0 Å². The SMILES string of the molecule is CCC1(C)C=CC=CC(=N)C1. The van der Waals surface area contributed by atoms with Crippen molar-refractivity contribution in [1.29, 1.82) is 5.41 Å². The standard InChI is InChI=1S/C10H15N/c1-3-10(2)7-5-4-6-9(11)8-10/h4-7,11H,3,8H2,1-2H3. The van der Waals surface area contributed by atoms with E-state index >= 15 is 0 Å². The Morgan fingerprint density at radius 3 is 2.91 bits per heavy atom. The molecule has 0 aromatic carbocycles. The van der Waals surface area contributed by atoms with E-state index in [0.29, 0.717) is 0 Å². The molecule has 0 saturated heterocycles. The number of nitrogens with one attached hydrogen (secondary N) is 1. The normalized spacial score (nSPS) is 30.5. The van der Waals surface area contributed by atoms with E-state index in [2.05, 4.69) is 19.9 Å². The van der Waals surface area contributed by atoms with Gasteiger partial charge in [-0.2, -0.15) is 0 Å². The minimum atomic E-state index is 0.209. The quantitative estimate of drug-likeness (QED) is 0.592. The summed E-state index contributed by atoms with van der Waals surface area (Å²) in [5.74, 6) is 0. The van der Waals surface area contributed by atoms with Crippen LogP contribution in [0.1, 0.15) is 26.7 Å². The predicted molar refractivity (Wildman–Crippen MR) is 49.0 cm³/mol. The van der Waals surface area contributed by atoms with E-state index in [1.165, 1.54) is 0 Å². The molecule has 1 atom stereocenters. The molecule has 0 aromatic rings. The van der Waals surface area contributed by atoms with E-state index in [1.807, 2.05) is 18.2 Å². The van der Waals surface area contributed by atoms with Gasteiger partial charge in [-0.3, -0.25) is 0 Å². The number of rotatable bonds is 1. The molecule has 0 fully saturated rings. The minimum Gasteiger partial charge on any atom is -0.305 e. The van der Waals surface area contributed by atoms with Crippen LogP contribution in [-0.4, -0.2) is 5.71 Å². The van der Waals surface area contributed by atoms with Gasteiger partial charge in [-0.1, -0.05) is 32.1 Å². The Labute approximate surface area is 68.3 Å². The second kappa shape index (κ2) is 3.04. The topological polar surface area (TPSA) is 23.9 Å². The highest BCUT2D eigenvalue weighted by atomic mass is 14.4. The number of allylic oxidation sites excluding steroid dienone is 4. The van der Waals surface area contributed by atoms with E-state index in [-0.39, 0.29) is 5.41 Å². The van der Waals surface area contributed by atoms with Gasteiger partial charge in [0.1, 0.15) is 0 Å². The van der Waals surface area contributed by atoms with Gasteiger partial charge in [-0.15, -0.1) is 0 Å². The van der Waals surface area contributed by atoms with Crippen LogP contribution >= 0.6 is 0 Å². The maximum atomic E-state index is 7.56. The fourth-order valence-corrected chi connectivity index (χ4v) is 1.26. The fraction of sp³-hybridized carbons (Fsp3) is 0.500. The van der Waals surface area contributed by atoms with Crippen LogP contribution in [0.3, 0.4) is 0 Å². The molecule has 0 aromatic heterocycles. The van der Waals surface area contributed by atoms with E-state index < -0.39 is 0 Å². The van der Waals surface area contributed by atoms with Crippen LogP contribution in [0.5, 0.6) is 0 Å². The summed E-state index contributed by atoms with van der Waals surface area (Å²) in [7, 11) is 0. The van der Waals surface area contributed by atoms with Gasteiger partial charge < -0.3 is 5.41 Å². The maximum absolute atomic E-state index is 7.56. The highest BCUT2D eigenvalue weighted by Crippen LogP contribution is 2.29. The lowest BCUT2D eigenvalue weighted by Gasteiger charge is -2.22. The van der Waals surface area contributed by atoms with Gasteiger partial charge in [0.15, 0.2) is 0 Å². The molecule has 0 bridgehead atoms. The molecule has 60 valence electrons. The molecule has 1 unspecified atom stereocenters. The Morgan fingerprint density at radius 2 is 2.27 bits per heavy atom. The average molecular weight is 149 g/mol. The summed E-state index contributed by atoms with van der Waals surface area (Å²) in [5.41, 5.74) is 0.944. The first-order chi connectivity index (χ1) is 5.16. The van der Waals surface area contributed by atoms with Crippen LogP contribution < -0.4 is 0 Å². The third-order valence-electron chi connectivity index (χ3n) is 2.31. The minimum absolute atomic E-state index is 0.209. The zero-order chi connectivity index (χ0) is 8.32. The second-order valence-corrected chi connectivity index (χ2v) is 3.43. The fourth-order valence-electron chi connectivity index (χ4n) is 1.26. The molecule has 0 saturated carbocycles. The molecule has 0 aliphatic heterocycles. The Morgan fingerprint density at radius 1 is 1.55 bits per heavy atom. The Hall–Kier alpha value is -0.850. The highest BCUT2D eigenvalue weighted by molar-refractivity contribution is 5.93. The monoisotopic (exact) mass is 149 g/mol. The average Bonchev–Trinajstić information content (AvgIpc) is 2.13. The van der Waals surface area contributed by atoms with Crippen LogP contribution in [0.25, 0.3) is 0 Å². The van der Waals surface area contributed by atoms with Crippen LogP contribution in [0.15, 0.2) is 24.3 Å². The van der Waals surface area contributed by atoms with Gasteiger partial charge in [0.25, 0.3) is 0 Å². The van der Waals surface area contributed by atoms with Gasteiger partial charge >= 0.3 is 0 Å². The van der Waals surface area contributed by atoms with Crippen molar-refractivity contribution in [3.8, 4) is 0 Å². The molecule has 0 heterocycles. The van der Waals surface area contributed by atoms with Crippen molar-refractivity contribution in [2.45, 2.75) is 26.7 Å². The molecular formula is C10H15N. The van der Waals surface area contributed by atoms with Crippen molar-refractivity contribution >= 4 is 5.71 Å². The Balaban J connectivity index is 2.79. The first-order valence-corrected chi connectivity index (χ1v) is 4.10. The van der Waals surface area contributed by atoms with Gasteiger partial charge in [0.2, 0.25) is 0 Å². The van der Waals surface area contributed by atoms with Crippen molar-refractivity contribution in [2.24, 2.45) is 5.41 Å². The summed E-state index contributed by atoms with van der Waals surface area (Å²) < 4.78 is 0. The molecule has 0 amide bonds. The van der Waals surface area contributed by atoms with E-state index in [9.17, 15) is 0 Å². The number of hydrogen-bond acceptors (Lipinski definition) is 1. The zero-order valence-electron chi connectivity index (χ0n) is 7.22. The third kappa shape index (κ3) is 2.04. The molecule has 11 heavy (non-hydrogen) atoms. The van der Waals surface area contributed by atoms with Crippen LogP contribution in [0.4, 0.5) is 0 Å². The summed E-state index contributed by atoms with van der Waals surface area (Å²) in [4.78, 5) is 0. The number of hydrogen-bond donors (Lipinski definition) is 1. The molecule has 1 N–H and O–H groups in total. The Kier molecular flexibility index (Phi) is 2.28. The highest BCUT2D eigenvalue weighted by Gasteiger charge is 2.20. The maximum Gasteiger partial charge on any atom is 0.0322 e.